The summed E-state index contributed by atoms with van der Waals surface area (Å²) < 4.78 is 40.2. The number of hydrogen-bond donors (Lipinski definition) is 2. The molecular formula is C26H24F2N4O3S. The number of nitrogens with two attached hydrogens (primary N) is 1. The van der Waals surface area contributed by atoms with Crippen molar-refractivity contribution < 1.29 is 23.0 Å². The zero-order valence-electron chi connectivity index (χ0n) is 19.7. The summed E-state index contributed by atoms with van der Waals surface area (Å²) >= 11 is 1.37. The third-order valence-corrected chi connectivity index (χ3v) is 6.86. The lowest BCUT2D eigenvalue weighted by molar-refractivity contribution is 0.0946. The first kappa shape index (κ1) is 23.9. The van der Waals surface area contributed by atoms with Crippen molar-refractivity contribution in [2.45, 2.75) is 26.3 Å². The van der Waals surface area contributed by atoms with E-state index in [0.29, 0.717) is 23.4 Å². The Labute approximate surface area is 210 Å². The molecule has 0 unspecified atom stereocenters. The summed E-state index contributed by atoms with van der Waals surface area (Å²) in [4.78, 5) is 21.9. The third-order valence-electron chi connectivity index (χ3n) is 6.02. The molecule has 0 saturated heterocycles. The van der Waals surface area contributed by atoms with Gasteiger partial charge in [0, 0.05) is 29.4 Å². The number of thiazole rings is 1. The maximum atomic E-state index is 14.4. The number of carbonyl (C=O) groups excluding carboxylic acids is 1. The van der Waals surface area contributed by atoms with Gasteiger partial charge in [0.05, 0.1) is 23.9 Å². The minimum Gasteiger partial charge on any atom is -0.490 e. The first-order valence-corrected chi connectivity index (χ1v) is 12.2. The first-order chi connectivity index (χ1) is 17.3. The molecule has 2 aromatic heterocycles. The van der Waals surface area contributed by atoms with Gasteiger partial charge < -0.3 is 20.5 Å². The van der Waals surface area contributed by atoms with Crippen LogP contribution in [0.3, 0.4) is 0 Å². The number of aromatic nitrogens is 2. The van der Waals surface area contributed by atoms with Gasteiger partial charge in [0.2, 0.25) is 5.88 Å². The number of nitrogens with zero attached hydrogens (tertiary/aromatic N) is 2. The van der Waals surface area contributed by atoms with Crippen LogP contribution in [0.5, 0.6) is 11.6 Å². The quantitative estimate of drug-likeness (QED) is 0.336. The van der Waals surface area contributed by atoms with Crippen LogP contribution in [0.2, 0.25) is 0 Å². The van der Waals surface area contributed by atoms with Crippen LogP contribution in [0.25, 0.3) is 21.3 Å². The lowest BCUT2D eigenvalue weighted by Gasteiger charge is -2.15. The van der Waals surface area contributed by atoms with Crippen molar-refractivity contribution in [3.05, 3.63) is 64.9 Å². The molecule has 7 nitrogen and oxygen atoms in total. The van der Waals surface area contributed by atoms with E-state index in [4.69, 9.17) is 15.2 Å². The third kappa shape index (κ3) is 4.94. The Bertz CT molecular complexity index is 1470. The molecule has 10 heteroatoms. The number of halogens is 2. The van der Waals surface area contributed by atoms with E-state index in [9.17, 15) is 13.6 Å². The van der Waals surface area contributed by atoms with Crippen LogP contribution in [0.1, 0.15) is 34.5 Å². The summed E-state index contributed by atoms with van der Waals surface area (Å²) in [6.45, 7) is 2.05. The fraction of sp³-hybridized carbons (Fsp3) is 0.269. The lowest BCUT2D eigenvalue weighted by atomic mass is 10.0. The summed E-state index contributed by atoms with van der Waals surface area (Å²) in [7, 11) is 1.43. The van der Waals surface area contributed by atoms with Gasteiger partial charge in [-0.15, -0.1) is 0 Å². The fourth-order valence-electron chi connectivity index (χ4n) is 3.97. The van der Waals surface area contributed by atoms with Crippen molar-refractivity contribution in [3.63, 3.8) is 0 Å². The first-order valence-electron chi connectivity index (χ1n) is 11.4. The van der Waals surface area contributed by atoms with Crippen LogP contribution in [-0.4, -0.2) is 29.6 Å². The Morgan fingerprint density at radius 2 is 2.00 bits per heavy atom. The van der Waals surface area contributed by atoms with Gasteiger partial charge in [0.25, 0.3) is 5.91 Å². The highest BCUT2D eigenvalue weighted by atomic mass is 32.1. The largest absolute Gasteiger partial charge is 0.490 e. The number of aryl methyl sites for hydroxylation is 1. The van der Waals surface area contributed by atoms with Gasteiger partial charge >= 0.3 is 0 Å². The van der Waals surface area contributed by atoms with E-state index in [-0.39, 0.29) is 29.3 Å². The Morgan fingerprint density at radius 3 is 2.75 bits per heavy atom. The van der Waals surface area contributed by atoms with Gasteiger partial charge in [-0.05, 0) is 55.5 Å². The predicted molar refractivity (Wildman–Crippen MR) is 134 cm³/mol. The van der Waals surface area contributed by atoms with Crippen LogP contribution in [0.4, 0.5) is 13.9 Å². The summed E-state index contributed by atoms with van der Waals surface area (Å²) in [5, 5.41) is 3.20. The van der Waals surface area contributed by atoms with Gasteiger partial charge in [-0.3, -0.25) is 4.79 Å². The van der Waals surface area contributed by atoms with Gasteiger partial charge in [0.15, 0.2) is 16.7 Å². The van der Waals surface area contributed by atoms with Crippen molar-refractivity contribution >= 4 is 32.6 Å². The van der Waals surface area contributed by atoms with E-state index in [1.165, 1.54) is 18.4 Å². The number of hydrogen-bond acceptors (Lipinski definition) is 7. The molecule has 1 saturated carbocycles. The number of benzene rings is 2. The molecule has 0 radical (unpaired) electrons. The number of methoxy groups -OCH3 is 1. The van der Waals surface area contributed by atoms with Crippen molar-refractivity contribution in [2.75, 3.05) is 19.5 Å². The average Bonchev–Trinajstić information content (AvgIpc) is 3.59. The van der Waals surface area contributed by atoms with Crippen molar-refractivity contribution in [2.24, 2.45) is 5.92 Å². The van der Waals surface area contributed by atoms with Gasteiger partial charge in [-0.1, -0.05) is 17.4 Å². The number of amides is 1. The molecule has 36 heavy (non-hydrogen) atoms. The number of ether oxygens (including phenoxy) is 2. The van der Waals surface area contributed by atoms with Gasteiger partial charge in [-0.2, -0.15) is 0 Å². The van der Waals surface area contributed by atoms with Gasteiger partial charge in [-0.25, -0.2) is 18.7 Å². The van der Waals surface area contributed by atoms with Crippen molar-refractivity contribution in [3.8, 4) is 22.8 Å². The van der Waals surface area contributed by atoms with Crippen LogP contribution in [-0.2, 0) is 6.54 Å². The molecule has 2 aromatic carbocycles. The zero-order valence-corrected chi connectivity index (χ0v) is 20.5. The maximum Gasteiger partial charge on any atom is 0.257 e. The SMILES string of the molecule is COc1nc(C)c(-c2ccc3nc(N)sc3c2)cc1C(=O)NCc1cc(F)cc(F)c1OCC1CC1. The van der Waals surface area contributed by atoms with Crippen LogP contribution in [0, 0.1) is 24.5 Å². The molecule has 1 fully saturated rings. The van der Waals surface area contributed by atoms with E-state index in [0.717, 1.165) is 46.3 Å². The van der Waals surface area contributed by atoms with Crippen LogP contribution < -0.4 is 20.5 Å². The minimum absolute atomic E-state index is 0.0459. The van der Waals surface area contributed by atoms with E-state index in [1.807, 2.05) is 25.1 Å². The Morgan fingerprint density at radius 1 is 1.19 bits per heavy atom. The van der Waals surface area contributed by atoms with E-state index in [1.54, 1.807) is 6.07 Å². The standard InChI is InChI=1S/C26H24F2N4O3S/c1-13-18(15-5-6-21-22(8-15)36-26(29)32-21)10-19(25(31-13)34-2)24(33)30-11-16-7-17(27)9-20(28)23(16)35-12-14-3-4-14/h5-10,14H,3-4,11-12H2,1-2H3,(H2,29,32)(H,30,33). The number of nitrogens with one attached hydrogen (secondary N) is 1. The van der Waals surface area contributed by atoms with Crippen LogP contribution in [0.15, 0.2) is 36.4 Å². The fourth-order valence-corrected chi connectivity index (χ4v) is 4.74. The predicted octanol–water partition coefficient (Wildman–Crippen LogP) is 5.25. The highest BCUT2D eigenvalue weighted by Gasteiger charge is 2.24. The number of fused-ring (bicyclic) bond motifs is 1. The molecule has 0 spiro atoms. The van der Waals surface area contributed by atoms with Crippen molar-refractivity contribution in [1.29, 1.82) is 0 Å². The minimum atomic E-state index is -0.795. The highest BCUT2D eigenvalue weighted by Crippen LogP contribution is 2.34. The molecule has 2 heterocycles. The smallest absolute Gasteiger partial charge is 0.257 e. The molecule has 1 amide bonds. The van der Waals surface area contributed by atoms with E-state index < -0.39 is 17.5 Å². The Kier molecular flexibility index (Phi) is 6.44. The summed E-state index contributed by atoms with van der Waals surface area (Å²) in [6.07, 6.45) is 2.06. The number of anilines is 1. The van der Waals surface area contributed by atoms with E-state index in [2.05, 4.69) is 15.3 Å². The molecule has 1 aliphatic rings. The molecule has 5 rings (SSSR count). The number of nitrogen functional groups attached to an aromatic ring is 1. The molecule has 3 N–H and O–H groups in total. The number of rotatable bonds is 8. The van der Waals surface area contributed by atoms with Crippen LogP contribution >= 0.6 is 11.3 Å². The second-order valence-electron chi connectivity index (χ2n) is 8.73. The Hall–Kier alpha value is -3.79. The molecule has 1 aliphatic carbocycles. The van der Waals surface area contributed by atoms with E-state index >= 15 is 0 Å². The highest BCUT2D eigenvalue weighted by molar-refractivity contribution is 7.22. The molecule has 0 aliphatic heterocycles. The van der Waals surface area contributed by atoms with Gasteiger partial charge in [0.1, 0.15) is 11.4 Å². The second-order valence-corrected chi connectivity index (χ2v) is 9.79. The summed E-state index contributed by atoms with van der Waals surface area (Å²) in [6, 6.07) is 9.33. The average molecular weight is 511 g/mol. The molecule has 0 bridgehead atoms. The topological polar surface area (TPSA) is 99.4 Å². The monoisotopic (exact) mass is 510 g/mol. The molecule has 4 aromatic rings. The number of carbonyl (C=O) groups is 1. The number of pyridine rings is 1. The Balaban J connectivity index is 1.42. The summed E-state index contributed by atoms with van der Waals surface area (Å²) in [5.74, 6) is -1.55. The maximum absolute atomic E-state index is 14.4. The van der Waals surface area contributed by atoms with Crippen molar-refractivity contribution in [1.82, 2.24) is 15.3 Å². The normalized spacial score (nSPS) is 13.1. The second kappa shape index (κ2) is 9.69. The molecule has 186 valence electrons. The lowest BCUT2D eigenvalue weighted by Crippen LogP contribution is -2.24. The molecule has 0 atom stereocenters. The molecular weight excluding hydrogens is 486 g/mol. The zero-order chi connectivity index (χ0) is 25.4. The summed E-state index contributed by atoms with van der Waals surface area (Å²) in [5.41, 5.74) is 9.28.